The van der Waals surface area contributed by atoms with Crippen LogP contribution in [0.5, 0.6) is 5.75 Å². The summed E-state index contributed by atoms with van der Waals surface area (Å²) in [6.45, 7) is 3.16. The van der Waals surface area contributed by atoms with Crippen LogP contribution in [0, 0.1) is 0 Å². The lowest BCUT2D eigenvalue weighted by molar-refractivity contribution is 0.206. The normalized spacial score (nSPS) is 21.2. The standard InChI is InChI=1S/C18H28ClNO2/c1-2-3-4-5-6-7-14-8-9-18(17(19)10-14)22-16-11-15(13-21)20-12-16/h8-10,15-16,20-21H,2-7,11-13H2,1H3/t15-,16?/m0/s1. The molecule has 1 fully saturated rings. The van der Waals surface area contributed by atoms with Gasteiger partial charge in [-0.1, -0.05) is 50.3 Å². The first-order chi connectivity index (χ1) is 10.7. The van der Waals surface area contributed by atoms with Crippen molar-refractivity contribution < 1.29 is 9.84 Å². The zero-order valence-corrected chi connectivity index (χ0v) is 14.2. The number of aryl methyl sites for hydroxylation is 1. The van der Waals surface area contributed by atoms with E-state index in [1.807, 2.05) is 12.1 Å². The summed E-state index contributed by atoms with van der Waals surface area (Å²) in [5.41, 5.74) is 1.28. The maximum absolute atomic E-state index is 9.13. The Morgan fingerprint density at radius 1 is 1.27 bits per heavy atom. The third-order valence-corrected chi connectivity index (χ3v) is 4.56. The smallest absolute Gasteiger partial charge is 0.138 e. The summed E-state index contributed by atoms with van der Waals surface area (Å²) < 4.78 is 5.95. The molecule has 3 nitrogen and oxygen atoms in total. The van der Waals surface area contributed by atoms with Gasteiger partial charge in [-0.3, -0.25) is 0 Å². The zero-order valence-electron chi connectivity index (χ0n) is 13.5. The van der Waals surface area contributed by atoms with Gasteiger partial charge in [0.2, 0.25) is 0 Å². The van der Waals surface area contributed by atoms with E-state index in [0.29, 0.717) is 5.02 Å². The number of unbranched alkanes of at least 4 members (excludes halogenated alkanes) is 4. The van der Waals surface area contributed by atoms with E-state index >= 15 is 0 Å². The second-order valence-electron chi connectivity index (χ2n) is 6.19. The number of rotatable bonds is 9. The number of benzene rings is 1. The van der Waals surface area contributed by atoms with E-state index in [-0.39, 0.29) is 18.8 Å². The Bertz CT molecular complexity index is 453. The quantitative estimate of drug-likeness (QED) is 0.675. The fourth-order valence-electron chi connectivity index (χ4n) is 2.92. The Kier molecular flexibility index (Phi) is 7.50. The molecule has 0 aromatic heterocycles. The summed E-state index contributed by atoms with van der Waals surface area (Å²) in [4.78, 5) is 0. The average Bonchev–Trinajstić information content (AvgIpc) is 2.97. The topological polar surface area (TPSA) is 41.5 Å². The molecule has 1 unspecified atom stereocenters. The number of hydrogen-bond acceptors (Lipinski definition) is 3. The van der Waals surface area contributed by atoms with Crippen LogP contribution in [0.4, 0.5) is 0 Å². The van der Waals surface area contributed by atoms with Gasteiger partial charge in [-0.25, -0.2) is 0 Å². The average molecular weight is 326 g/mol. The monoisotopic (exact) mass is 325 g/mol. The summed E-state index contributed by atoms with van der Waals surface area (Å²) >= 11 is 6.35. The van der Waals surface area contributed by atoms with Crippen LogP contribution in [-0.4, -0.2) is 30.4 Å². The minimum atomic E-state index is 0.0922. The van der Waals surface area contributed by atoms with E-state index in [9.17, 15) is 0 Å². The van der Waals surface area contributed by atoms with Gasteiger partial charge < -0.3 is 15.2 Å². The van der Waals surface area contributed by atoms with Crippen LogP contribution in [0.25, 0.3) is 0 Å². The molecule has 1 aromatic rings. The first-order valence-corrected chi connectivity index (χ1v) is 8.90. The third-order valence-electron chi connectivity index (χ3n) is 4.26. The Labute approximate surface area is 139 Å². The molecule has 2 rings (SSSR count). The molecule has 0 amide bonds. The van der Waals surface area contributed by atoms with Crippen LogP contribution in [0.1, 0.15) is 51.0 Å². The van der Waals surface area contributed by atoms with Gasteiger partial charge >= 0.3 is 0 Å². The molecule has 1 saturated heterocycles. The predicted octanol–water partition coefficient (Wildman–Crippen LogP) is 3.95. The fourth-order valence-corrected chi connectivity index (χ4v) is 3.17. The number of ether oxygens (including phenoxy) is 1. The molecule has 0 spiro atoms. The molecule has 0 radical (unpaired) electrons. The highest BCUT2D eigenvalue weighted by atomic mass is 35.5. The van der Waals surface area contributed by atoms with E-state index in [2.05, 4.69) is 18.3 Å². The minimum absolute atomic E-state index is 0.0922. The first kappa shape index (κ1) is 17.6. The van der Waals surface area contributed by atoms with E-state index in [1.165, 1.54) is 37.7 Å². The molecule has 0 aliphatic carbocycles. The van der Waals surface area contributed by atoms with Crippen molar-refractivity contribution in [2.45, 2.75) is 64.0 Å². The van der Waals surface area contributed by atoms with E-state index in [4.69, 9.17) is 21.4 Å². The van der Waals surface area contributed by atoms with Crippen molar-refractivity contribution in [3.8, 4) is 5.75 Å². The number of aliphatic hydroxyl groups excluding tert-OH is 1. The molecule has 22 heavy (non-hydrogen) atoms. The lowest BCUT2D eigenvalue weighted by atomic mass is 10.1. The lowest BCUT2D eigenvalue weighted by Crippen LogP contribution is -2.25. The second kappa shape index (κ2) is 9.39. The van der Waals surface area contributed by atoms with Crippen LogP contribution in [0.15, 0.2) is 18.2 Å². The van der Waals surface area contributed by atoms with Crippen LogP contribution in [0.3, 0.4) is 0 Å². The molecular weight excluding hydrogens is 298 g/mol. The highest BCUT2D eigenvalue weighted by Gasteiger charge is 2.25. The van der Waals surface area contributed by atoms with Gasteiger partial charge in [-0.05, 0) is 30.5 Å². The lowest BCUT2D eigenvalue weighted by Gasteiger charge is -2.15. The number of hydrogen-bond donors (Lipinski definition) is 2. The zero-order chi connectivity index (χ0) is 15.8. The molecule has 2 N–H and O–H groups in total. The van der Waals surface area contributed by atoms with Crippen molar-refractivity contribution in [1.29, 1.82) is 0 Å². The first-order valence-electron chi connectivity index (χ1n) is 8.52. The Hall–Kier alpha value is -0.770. The predicted molar refractivity (Wildman–Crippen MR) is 91.8 cm³/mol. The van der Waals surface area contributed by atoms with Crippen LogP contribution in [0.2, 0.25) is 5.02 Å². The number of halogens is 1. The number of nitrogens with one attached hydrogen (secondary N) is 1. The molecule has 0 saturated carbocycles. The van der Waals surface area contributed by atoms with Gasteiger partial charge in [-0.15, -0.1) is 0 Å². The minimum Gasteiger partial charge on any atom is -0.487 e. The molecule has 2 atom stereocenters. The maximum Gasteiger partial charge on any atom is 0.138 e. The highest BCUT2D eigenvalue weighted by Crippen LogP contribution is 2.28. The van der Waals surface area contributed by atoms with E-state index < -0.39 is 0 Å². The maximum atomic E-state index is 9.13. The molecular formula is C18H28ClNO2. The third kappa shape index (κ3) is 5.45. The molecule has 0 bridgehead atoms. The van der Waals surface area contributed by atoms with Crippen molar-refractivity contribution in [2.24, 2.45) is 0 Å². The Balaban J connectivity index is 1.79. The molecule has 1 aliphatic heterocycles. The molecule has 4 heteroatoms. The van der Waals surface area contributed by atoms with Crippen molar-refractivity contribution in [1.82, 2.24) is 5.32 Å². The van der Waals surface area contributed by atoms with Gasteiger partial charge in [0.25, 0.3) is 0 Å². The van der Waals surface area contributed by atoms with Gasteiger partial charge in [0.05, 0.1) is 11.6 Å². The molecule has 1 heterocycles. The van der Waals surface area contributed by atoms with E-state index in [1.54, 1.807) is 0 Å². The van der Waals surface area contributed by atoms with Crippen LogP contribution < -0.4 is 10.1 Å². The van der Waals surface area contributed by atoms with Gasteiger partial charge in [0.15, 0.2) is 0 Å². The SMILES string of the molecule is CCCCCCCc1ccc(OC2CN[C@H](CO)C2)c(Cl)c1. The van der Waals surface area contributed by atoms with Crippen molar-refractivity contribution in [3.63, 3.8) is 0 Å². The van der Waals surface area contributed by atoms with Crippen LogP contribution in [-0.2, 0) is 6.42 Å². The summed E-state index contributed by atoms with van der Waals surface area (Å²) in [6.07, 6.45) is 8.46. The summed E-state index contributed by atoms with van der Waals surface area (Å²) in [5.74, 6) is 0.752. The second-order valence-corrected chi connectivity index (χ2v) is 6.60. The summed E-state index contributed by atoms with van der Waals surface area (Å²) in [6, 6.07) is 6.28. The van der Waals surface area contributed by atoms with Gasteiger partial charge in [0.1, 0.15) is 11.9 Å². The molecule has 1 aliphatic rings. The molecule has 124 valence electrons. The highest BCUT2D eigenvalue weighted by molar-refractivity contribution is 6.32. The summed E-state index contributed by atoms with van der Waals surface area (Å²) in [5, 5.41) is 13.1. The number of aliphatic hydroxyl groups is 1. The largest absolute Gasteiger partial charge is 0.487 e. The Morgan fingerprint density at radius 3 is 2.77 bits per heavy atom. The van der Waals surface area contributed by atoms with Crippen LogP contribution >= 0.6 is 11.6 Å². The fraction of sp³-hybridized carbons (Fsp3) is 0.667. The summed E-state index contributed by atoms with van der Waals surface area (Å²) in [7, 11) is 0. The molecule has 1 aromatic carbocycles. The van der Waals surface area contributed by atoms with Gasteiger partial charge in [-0.2, -0.15) is 0 Å². The van der Waals surface area contributed by atoms with Crippen molar-refractivity contribution in [3.05, 3.63) is 28.8 Å². The van der Waals surface area contributed by atoms with E-state index in [0.717, 1.165) is 25.1 Å². The van der Waals surface area contributed by atoms with Crippen molar-refractivity contribution >= 4 is 11.6 Å². The Morgan fingerprint density at radius 2 is 2.09 bits per heavy atom. The van der Waals surface area contributed by atoms with Gasteiger partial charge in [0, 0.05) is 19.0 Å². The van der Waals surface area contributed by atoms with Crippen molar-refractivity contribution in [2.75, 3.05) is 13.2 Å².